The smallest absolute Gasteiger partial charge is 0.243 e. The lowest BCUT2D eigenvalue weighted by atomic mass is 10.5. The molecule has 0 aliphatic rings. The van der Waals surface area contributed by atoms with E-state index in [0.29, 0.717) is 0 Å². The number of hydrogen-bond acceptors (Lipinski definition) is 3. The maximum Gasteiger partial charge on any atom is 0.243 e. The molecule has 0 rings (SSSR count). The van der Waals surface area contributed by atoms with Crippen LogP contribution >= 0.6 is 0 Å². The van der Waals surface area contributed by atoms with Crippen molar-refractivity contribution in [1.29, 1.82) is 0 Å². The van der Waals surface area contributed by atoms with E-state index in [1.807, 2.05) is 0 Å². The van der Waals surface area contributed by atoms with Crippen LogP contribution in [0.25, 0.3) is 0 Å². The van der Waals surface area contributed by atoms with Crippen molar-refractivity contribution in [2.24, 2.45) is 5.14 Å². The van der Waals surface area contributed by atoms with Crippen LogP contribution in [0.15, 0.2) is 12.2 Å². The molecule has 1 amide bonds. The summed E-state index contributed by atoms with van der Waals surface area (Å²) in [5.41, 5.74) is 0. The van der Waals surface area contributed by atoms with Crippen molar-refractivity contribution < 1.29 is 13.2 Å². The second-order valence-electron chi connectivity index (χ2n) is 2.16. The van der Waals surface area contributed by atoms with Crippen LogP contribution in [0.1, 0.15) is 6.92 Å². The molecular weight excluding hydrogens is 180 g/mol. The molecule has 5 nitrogen and oxygen atoms in total. The minimum atomic E-state index is -3.47. The third-order valence-corrected chi connectivity index (χ3v) is 1.78. The molecule has 0 atom stereocenters. The Morgan fingerprint density at radius 3 is 2.58 bits per heavy atom. The maximum absolute atomic E-state index is 10.7. The molecule has 0 saturated carbocycles. The fraction of sp³-hybridized carbons (Fsp3) is 0.500. The van der Waals surface area contributed by atoms with E-state index in [1.54, 1.807) is 13.0 Å². The van der Waals surface area contributed by atoms with E-state index in [2.05, 4.69) is 5.32 Å². The Morgan fingerprint density at radius 2 is 2.17 bits per heavy atom. The molecule has 0 saturated heterocycles. The van der Waals surface area contributed by atoms with Crippen LogP contribution in [0.4, 0.5) is 0 Å². The summed E-state index contributed by atoms with van der Waals surface area (Å²) in [6.07, 6.45) is 2.87. The standard InChI is InChI=1S/C6H12N2O3S/c1-2-3-6(9)8-4-5-12(7,10)11/h2-3H,4-5H2,1H3,(H,8,9)(H2,7,10,11)/b3-2+. The lowest BCUT2D eigenvalue weighted by molar-refractivity contribution is -0.116. The summed E-state index contributed by atoms with van der Waals surface area (Å²) in [5.74, 6) is -0.558. The van der Waals surface area contributed by atoms with Gasteiger partial charge in [-0.2, -0.15) is 0 Å². The number of rotatable bonds is 4. The second-order valence-corrected chi connectivity index (χ2v) is 3.89. The molecule has 0 radical (unpaired) electrons. The fourth-order valence-corrected chi connectivity index (χ4v) is 0.913. The van der Waals surface area contributed by atoms with Gasteiger partial charge in [0, 0.05) is 6.54 Å². The predicted octanol–water partition coefficient (Wildman–Crippen LogP) is -1.03. The van der Waals surface area contributed by atoms with Gasteiger partial charge in [0.1, 0.15) is 0 Å². The van der Waals surface area contributed by atoms with Crippen molar-refractivity contribution in [2.45, 2.75) is 6.92 Å². The molecule has 0 fully saturated rings. The van der Waals surface area contributed by atoms with E-state index in [4.69, 9.17) is 5.14 Å². The third kappa shape index (κ3) is 7.23. The number of carbonyl (C=O) groups is 1. The van der Waals surface area contributed by atoms with Gasteiger partial charge in [0.25, 0.3) is 0 Å². The summed E-state index contributed by atoms with van der Waals surface area (Å²) in [7, 11) is -3.47. The first-order valence-electron chi connectivity index (χ1n) is 3.36. The lowest BCUT2D eigenvalue weighted by Gasteiger charge is -1.99. The summed E-state index contributed by atoms with van der Waals surface area (Å²) in [6.45, 7) is 1.74. The molecule has 0 aromatic carbocycles. The van der Waals surface area contributed by atoms with Crippen LogP contribution in [0.5, 0.6) is 0 Å². The largest absolute Gasteiger partial charge is 0.351 e. The maximum atomic E-state index is 10.7. The molecule has 6 heteroatoms. The number of amides is 1. The molecule has 3 N–H and O–H groups in total. The molecule has 0 heterocycles. The van der Waals surface area contributed by atoms with E-state index in [9.17, 15) is 13.2 Å². The summed E-state index contributed by atoms with van der Waals surface area (Å²) < 4.78 is 20.8. The molecule has 0 aromatic rings. The average Bonchev–Trinajstić information content (AvgIpc) is 1.84. The molecule has 0 unspecified atom stereocenters. The molecule has 0 bridgehead atoms. The van der Waals surface area contributed by atoms with Gasteiger partial charge in [-0.15, -0.1) is 0 Å². The Labute approximate surface area is 71.7 Å². The zero-order valence-corrected chi connectivity index (χ0v) is 7.60. The molecule has 0 spiro atoms. The van der Waals surface area contributed by atoms with Crippen LogP contribution in [-0.4, -0.2) is 26.6 Å². The molecule has 0 aliphatic heterocycles. The van der Waals surface area contributed by atoms with Crippen molar-refractivity contribution in [3.05, 3.63) is 12.2 Å². The highest BCUT2D eigenvalue weighted by Crippen LogP contribution is 1.76. The SMILES string of the molecule is C/C=C/C(=O)NCCS(N)(=O)=O. The normalized spacial score (nSPS) is 11.8. The minimum absolute atomic E-state index is 0.0437. The quantitative estimate of drug-likeness (QED) is 0.558. The highest BCUT2D eigenvalue weighted by atomic mass is 32.2. The van der Waals surface area contributed by atoms with Gasteiger partial charge < -0.3 is 5.32 Å². The van der Waals surface area contributed by atoms with Gasteiger partial charge in [-0.25, -0.2) is 13.6 Å². The van der Waals surface area contributed by atoms with E-state index in [-0.39, 0.29) is 18.2 Å². The van der Waals surface area contributed by atoms with Crippen molar-refractivity contribution >= 4 is 15.9 Å². The molecule has 0 aromatic heterocycles. The van der Waals surface area contributed by atoms with E-state index in [0.717, 1.165) is 0 Å². The van der Waals surface area contributed by atoms with E-state index in [1.165, 1.54) is 6.08 Å². The van der Waals surface area contributed by atoms with Gasteiger partial charge in [-0.3, -0.25) is 4.79 Å². The van der Waals surface area contributed by atoms with Gasteiger partial charge in [0.05, 0.1) is 5.75 Å². The molecule has 70 valence electrons. The first-order valence-corrected chi connectivity index (χ1v) is 5.08. The highest BCUT2D eigenvalue weighted by Gasteiger charge is 2.02. The number of primary sulfonamides is 1. The summed E-state index contributed by atoms with van der Waals surface area (Å²) in [4.78, 5) is 10.7. The van der Waals surface area contributed by atoms with Gasteiger partial charge in [-0.05, 0) is 13.0 Å². The highest BCUT2D eigenvalue weighted by molar-refractivity contribution is 7.89. The van der Waals surface area contributed by atoms with Gasteiger partial charge in [0.15, 0.2) is 0 Å². The summed E-state index contributed by atoms with van der Waals surface area (Å²) >= 11 is 0. The number of sulfonamides is 1. The Kier molecular flexibility index (Phi) is 4.53. The Balaban J connectivity index is 3.65. The number of nitrogens with two attached hydrogens (primary N) is 1. The van der Waals surface area contributed by atoms with E-state index < -0.39 is 10.0 Å². The molecule has 0 aliphatic carbocycles. The zero-order valence-electron chi connectivity index (χ0n) is 6.78. The first kappa shape index (κ1) is 11.1. The second kappa shape index (κ2) is 4.89. The average molecular weight is 192 g/mol. The van der Waals surface area contributed by atoms with Crippen LogP contribution in [-0.2, 0) is 14.8 Å². The van der Waals surface area contributed by atoms with Crippen molar-refractivity contribution in [3.8, 4) is 0 Å². The summed E-state index contributed by atoms with van der Waals surface area (Å²) in [5, 5.41) is 7.05. The number of carbonyl (C=O) groups excluding carboxylic acids is 1. The Bertz CT molecular complexity index is 269. The van der Waals surface area contributed by atoms with Crippen LogP contribution in [0.3, 0.4) is 0 Å². The molecular formula is C6H12N2O3S. The van der Waals surface area contributed by atoms with E-state index >= 15 is 0 Å². The lowest BCUT2D eigenvalue weighted by Crippen LogP contribution is -2.30. The number of nitrogens with one attached hydrogen (secondary N) is 1. The zero-order chi connectivity index (χ0) is 9.61. The first-order chi connectivity index (χ1) is 5.45. The Hall–Kier alpha value is -0.880. The summed E-state index contributed by atoms with van der Waals surface area (Å²) in [6, 6.07) is 0. The van der Waals surface area contributed by atoms with Gasteiger partial charge in [0.2, 0.25) is 15.9 Å². The van der Waals surface area contributed by atoms with Gasteiger partial charge >= 0.3 is 0 Å². The fourth-order valence-electron chi connectivity index (χ4n) is 0.527. The van der Waals surface area contributed by atoms with Crippen molar-refractivity contribution in [1.82, 2.24) is 5.32 Å². The third-order valence-electron chi connectivity index (χ3n) is 1.00. The monoisotopic (exact) mass is 192 g/mol. The number of allylic oxidation sites excluding steroid dienone is 1. The number of hydrogen-bond donors (Lipinski definition) is 2. The predicted molar refractivity (Wildman–Crippen MR) is 45.8 cm³/mol. The van der Waals surface area contributed by atoms with Crippen LogP contribution < -0.4 is 10.5 Å². The van der Waals surface area contributed by atoms with Crippen LogP contribution in [0, 0.1) is 0 Å². The van der Waals surface area contributed by atoms with Gasteiger partial charge in [-0.1, -0.05) is 6.08 Å². The van der Waals surface area contributed by atoms with Crippen molar-refractivity contribution in [3.63, 3.8) is 0 Å². The molecule has 12 heavy (non-hydrogen) atoms. The minimum Gasteiger partial charge on any atom is -0.351 e. The van der Waals surface area contributed by atoms with Crippen LogP contribution in [0.2, 0.25) is 0 Å². The Morgan fingerprint density at radius 1 is 1.58 bits per heavy atom. The topological polar surface area (TPSA) is 89.3 Å². The van der Waals surface area contributed by atoms with Crippen molar-refractivity contribution in [2.75, 3.05) is 12.3 Å².